The molecule has 0 aliphatic carbocycles. The molecule has 0 aliphatic heterocycles. The number of nitrogens with one attached hydrogen (secondary N) is 2. The van der Waals surface area contributed by atoms with Crippen molar-refractivity contribution in [3.63, 3.8) is 0 Å². The number of aromatic amines is 1. The lowest BCUT2D eigenvalue weighted by molar-refractivity contribution is 0.801. The highest BCUT2D eigenvalue weighted by molar-refractivity contribution is 7.17. The van der Waals surface area contributed by atoms with Crippen molar-refractivity contribution in [2.75, 3.05) is 13.1 Å². The van der Waals surface area contributed by atoms with Crippen LogP contribution in [0.2, 0.25) is 0 Å². The van der Waals surface area contributed by atoms with Crippen molar-refractivity contribution >= 4 is 44.1 Å². The van der Waals surface area contributed by atoms with Gasteiger partial charge in [-0.25, -0.2) is 0 Å². The van der Waals surface area contributed by atoms with E-state index < -0.39 is 0 Å². The summed E-state index contributed by atoms with van der Waals surface area (Å²) in [6.45, 7) is 3.62. The van der Waals surface area contributed by atoms with Gasteiger partial charge < -0.3 is 10.3 Å². The molecule has 1 aromatic carbocycles. The van der Waals surface area contributed by atoms with Gasteiger partial charge in [-0.15, -0.1) is 16.2 Å². The van der Waals surface area contributed by atoms with Crippen molar-refractivity contribution in [1.29, 1.82) is 0 Å². The maximum absolute atomic E-state index is 12.1. The number of rotatable bonds is 5. The van der Waals surface area contributed by atoms with E-state index in [0.29, 0.717) is 22.4 Å². The molecule has 0 atom stereocenters. The Hall–Kier alpha value is -2.31. The van der Waals surface area contributed by atoms with E-state index in [1.807, 2.05) is 30.5 Å². The number of H-pyrrole nitrogens is 1. The maximum atomic E-state index is 12.1. The Balaban J connectivity index is 2.30. The van der Waals surface area contributed by atoms with E-state index in [2.05, 4.69) is 15.5 Å². The molecule has 0 fully saturated rings. The number of likely N-dealkylation sites (N-methyl/N-ethyl adjacent to an activating group) is 1. The zero-order chi connectivity index (χ0) is 15.5. The molecule has 2 aromatic heterocycles. The van der Waals surface area contributed by atoms with Crippen molar-refractivity contribution in [3.8, 4) is 0 Å². The third-order valence-electron chi connectivity index (χ3n) is 3.51. The first-order valence-corrected chi connectivity index (χ1v) is 7.91. The van der Waals surface area contributed by atoms with Gasteiger partial charge in [0.25, 0.3) is 5.56 Å². The van der Waals surface area contributed by atoms with Gasteiger partial charge in [0, 0.05) is 28.4 Å². The molecule has 0 spiro atoms. The Labute approximate surface area is 130 Å². The molecule has 3 aromatic rings. The fourth-order valence-electron chi connectivity index (χ4n) is 2.52. The summed E-state index contributed by atoms with van der Waals surface area (Å²) in [5.41, 5.74) is 1.73. The van der Waals surface area contributed by atoms with Gasteiger partial charge in [-0.05, 0) is 35.3 Å². The molecule has 0 saturated carbocycles. The minimum atomic E-state index is -0.105. The van der Waals surface area contributed by atoms with Crippen molar-refractivity contribution < 1.29 is 0 Å². The first-order chi connectivity index (χ1) is 10.8. The Bertz CT molecular complexity index is 924. The van der Waals surface area contributed by atoms with Gasteiger partial charge in [-0.3, -0.25) is 4.79 Å². The molecule has 0 bridgehead atoms. The number of pyridine rings is 1. The number of benzene rings is 1. The quantitative estimate of drug-likeness (QED) is 0.556. The van der Waals surface area contributed by atoms with E-state index >= 15 is 0 Å². The first-order valence-electron chi connectivity index (χ1n) is 7.03. The molecule has 0 aliphatic rings. The zero-order valence-electron chi connectivity index (χ0n) is 12.1. The molecule has 0 saturated heterocycles. The van der Waals surface area contributed by atoms with Gasteiger partial charge in [0.15, 0.2) is 0 Å². The second-order valence-corrected chi connectivity index (χ2v) is 5.76. The number of nitrogens with zero attached hydrogens (tertiary/aromatic N) is 1. The number of hydrogen-bond donors (Lipinski definition) is 2. The summed E-state index contributed by atoms with van der Waals surface area (Å²) in [5, 5.41) is 9.92. The van der Waals surface area contributed by atoms with Crippen LogP contribution in [0.3, 0.4) is 0 Å². The molecule has 3 rings (SSSR count). The maximum Gasteiger partial charge on any atom is 0.266 e. The average Bonchev–Trinajstić information content (AvgIpc) is 3.01. The van der Waals surface area contributed by atoms with Crippen LogP contribution >= 0.6 is 11.3 Å². The molecule has 6 heteroatoms. The summed E-state index contributed by atoms with van der Waals surface area (Å²) >= 11 is 1.39. The first kappa shape index (κ1) is 14.6. The topological polar surface area (TPSA) is 74.3 Å². The Morgan fingerprint density at radius 1 is 1.36 bits per heavy atom. The van der Waals surface area contributed by atoms with E-state index in [9.17, 15) is 9.70 Å². The van der Waals surface area contributed by atoms with E-state index in [4.69, 9.17) is 0 Å². The van der Waals surface area contributed by atoms with Crippen molar-refractivity contribution in [2.24, 2.45) is 5.18 Å². The lowest BCUT2D eigenvalue weighted by Gasteiger charge is -2.06. The molecule has 0 unspecified atom stereocenters. The summed E-state index contributed by atoms with van der Waals surface area (Å²) in [4.78, 5) is 26.1. The second kappa shape index (κ2) is 6.21. The minimum absolute atomic E-state index is 0.105. The van der Waals surface area contributed by atoms with Gasteiger partial charge in [0.05, 0.1) is 0 Å². The molecular formula is C16H15N3O2S. The second-order valence-electron chi connectivity index (χ2n) is 4.84. The Morgan fingerprint density at radius 3 is 3.00 bits per heavy atom. The highest BCUT2D eigenvalue weighted by Gasteiger charge is 2.12. The number of aromatic nitrogens is 1. The van der Waals surface area contributed by atoms with Crippen LogP contribution < -0.4 is 10.9 Å². The molecule has 5 nitrogen and oxygen atoms in total. The summed E-state index contributed by atoms with van der Waals surface area (Å²) in [5.74, 6) is 0. The third kappa shape index (κ3) is 2.47. The van der Waals surface area contributed by atoms with Crippen LogP contribution in [0.4, 0.5) is 5.69 Å². The highest BCUT2D eigenvalue weighted by Crippen LogP contribution is 2.34. The van der Waals surface area contributed by atoms with Gasteiger partial charge in [-0.2, -0.15) is 0 Å². The molecule has 2 heterocycles. The average molecular weight is 313 g/mol. The van der Waals surface area contributed by atoms with Crippen LogP contribution in [-0.4, -0.2) is 18.1 Å². The van der Waals surface area contributed by atoms with Crippen LogP contribution in [-0.2, 0) is 0 Å². The number of nitroso groups, excluding NO2 is 1. The Kier molecular flexibility index (Phi) is 4.13. The number of hydrogen-bond acceptors (Lipinski definition) is 5. The van der Waals surface area contributed by atoms with Gasteiger partial charge in [-0.1, -0.05) is 19.1 Å². The smallest absolute Gasteiger partial charge is 0.266 e. The molecule has 22 heavy (non-hydrogen) atoms. The monoisotopic (exact) mass is 313 g/mol. The minimum Gasteiger partial charge on any atom is -0.321 e. The van der Waals surface area contributed by atoms with Crippen molar-refractivity contribution in [2.45, 2.75) is 6.92 Å². The predicted octanol–water partition coefficient (Wildman–Crippen LogP) is 3.76. The van der Waals surface area contributed by atoms with E-state index in [1.54, 1.807) is 12.1 Å². The largest absolute Gasteiger partial charge is 0.321 e. The van der Waals surface area contributed by atoms with Crippen molar-refractivity contribution in [3.05, 3.63) is 50.5 Å². The number of fused-ring (bicyclic) bond motifs is 3. The lowest BCUT2D eigenvalue weighted by Crippen LogP contribution is -2.11. The summed E-state index contributed by atoms with van der Waals surface area (Å²) in [6, 6.07) is 5.27. The molecular weight excluding hydrogens is 298 g/mol. The van der Waals surface area contributed by atoms with Crippen LogP contribution in [0.15, 0.2) is 39.6 Å². The lowest BCUT2D eigenvalue weighted by atomic mass is 10.0. The normalized spacial score (nSPS) is 11.7. The zero-order valence-corrected chi connectivity index (χ0v) is 12.9. The van der Waals surface area contributed by atoms with E-state index in [-0.39, 0.29) is 5.56 Å². The van der Waals surface area contributed by atoms with E-state index in [1.165, 1.54) is 11.3 Å². The SMILES string of the molecule is CCNCC=Cc1c(N=O)ccc2[nH]c(=O)c3sccc3c12. The number of thiophene rings is 1. The summed E-state index contributed by atoms with van der Waals surface area (Å²) in [6.07, 6.45) is 3.84. The standard InChI is InChI=1S/C16H15N3O2S/c1-2-17-8-3-4-10-12(19-21)5-6-13-14(10)11-7-9-22-15(11)16(20)18-13/h3-7,9,17H,2,8H2,1H3,(H,18,20). The van der Waals surface area contributed by atoms with Gasteiger partial charge >= 0.3 is 0 Å². The van der Waals surface area contributed by atoms with Crippen LogP contribution in [0, 0.1) is 4.91 Å². The third-order valence-corrected chi connectivity index (χ3v) is 4.42. The predicted molar refractivity (Wildman–Crippen MR) is 93.0 cm³/mol. The van der Waals surface area contributed by atoms with Crippen LogP contribution in [0.25, 0.3) is 27.1 Å². The van der Waals surface area contributed by atoms with E-state index in [0.717, 1.165) is 22.9 Å². The van der Waals surface area contributed by atoms with Gasteiger partial charge in [0.2, 0.25) is 0 Å². The van der Waals surface area contributed by atoms with Crippen LogP contribution in [0.5, 0.6) is 0 Å². The summed E-state index contributed by atoms with van der Waals surface area (Å²) in [7, 11) is 0. The molecule has 0 radical (unpaired) electrons. The molecule has 112 valence electrons. The molecule has 0 amide bonds. The highest BCUT2D eigenvalue weighted by atomic mass is 32.1. The fourth-order valence-corrected chi connectivity index (χ4v) is 3.31. The summed E-state index contributed by atoms with van der Waals surface area (Å²) < 4.78 is 0.664. The molecule has 2 N–H and O–H groups in total. The van der Waals surface area contributed by atoms with Crippen molar-refractivity contribution in [1.82, 2.24) is 10.3 Å². The Morgan fingerprint density at radius 2 is 2.23 bits per heavy atom. The van der Waals surface area contributed by atoms with Gasteiger partial charge in [0.1, 0.15) is 10.4 Å². The fraction of sp³-hybridized carbons (Fsp3) is 0.188. The van der Waals surface area contributed by atoms with Crippen LogP contribution in [0.1, 0.15) is 12.5 Å².